The van der Waals surface area contributed by atoms with Gasteiger partial charge in [0.1, 0.15) is 11.6 Å². The molecule has 0 N–H and O–H groups in total. The van der Waals surface area contributed by atoms with Crippen molar-refractivity contribution >= 4 is 0 Å². The molecule has 0 amide bonds. The maximum Gasteiger partial charge on any atom is 0.128 e. The van der Waals surface area contributed by atoms with Crippen LogP contribution in [0.15, 0.2) is 30.3 Å². The summed E-state index contributed by atoms with van der Waals surface area (Å²) in [6.07, 6.45) is 0. The Morgan fingerprint density at radius 1 is 0.867 bits per heavy atom. The summed E-state index contributed by atoms with van der Waals surface area (Å²) in [5.74, 6) is -1.12. The second-order valence-corrected chi connectivity index (χ2v) is 3.58. The highest BCUT2D eigenvalue weighted by atomic mass is 19.1. The molecule has 78 valence electrons. The molecule has 2 rings (SSSR count). The second kappa shape index (κ2) is 3.50. The van der Waals surface area contributed by atoms with Crippen LogP contribution in [0.1, 0.15) is 11.4 Å². The van der Waals surface area contributed by atoms with Crippen LogP contribution in [0.25, 0.3) is 5.69 Å². The van der Waals surface area contributed by atoms with E-state index in [2.05, 4.69) is 0 Å². The van der Waals surface area contributed by atoms with Crippen molar-refractivity contribution in [3.63, 3.8) is 0 Å². The Hall–Kier alpha value is -1.64. The van der Waals surface area contributed by atoms with Crippen LogP contribution < -0.4 is 0 Å². The predicted molar refractivity (Wildman–Crippen MR) is 55.2 cm³/mol. The SMILES string of the molecule is Cc1ccc(C)n1-c1cc(F)cc(F)c1. The summed E-state index contributed by atoms with van der Waals surface area (Å²) in [5, 5.41) is 0. The molecular formula is C12H11F2N. The Kier molecular flexibility index (Phi) is 2.31. The maximum absolute atomic E-state index is 13.0. The highest BCUT2D eigenvalue weighted by Crippen LogP contribution is 2.18. The lowest BCUT2D eigenvalue weighted by Crippen LogP contribution is -1.99. The largest absolute Gasteiger partial charge is 0.318 e. The smallest absolute Gasteiger partial charge is 0.128 e. The molecule has 1 aromatic heterocycles. The van der Waals surface area contributed by atoms with Gasteiger partial charge in [-0.25, -0.2) is 8.78 Å². The van der Waals surface area contributed by atoms with E-state index >= 15 is 0 Å². The van der Waals surface area contributed by atoms with Crippen molar-refractivity contribution in [3.8, 4) is 5.69 Å². The Bertz CT molecular complexity index is 461. The van der Waals surface area contributed by atoms with Crippen molar-refractivity contribution in [3.05, 3.63) is 53.4 Å². The van der Waals surface area contributed by atoms with Gasteiger partial charge >= 0.3 is 0 Å². The van der Waals surface area contributed by atoms with Crippen molar-refractivity contribution in [2.75, 3.05) is 0 Å². The molecule has 1 aromatic carbocycles. The number of nitrogens with zero attached hydrogens (tertiary/aromatic N) is 1. The molecule has 0 radical (unpaired) electrons. The van der Waals surface area contributed by atoms with Gasteiger partial charge < -0.3 is 4.57 Å². The van der Waals surface area contributed by atoms with Crippen LogP contribution in [0.5, 0.6) is 0 Å². The molecule has 3 heteroatoms. The van der Waals surface area contributed by atoms with Gasteiger partial charge in [0.05, 0.1) is 5.69 Å². The lowest BCUT2D eigenvalue weighted by atomic mass is 10.3. The normalized spacial score (nSPS) is 10.7. The van der Waals surface area contributed by atoms with E-state index in [9.17, 15) is 8.78 Å². The van der Waals surface area contributed by atoms with E-state index in [-0.39, 0.29) is 0 Å². The first-order valence-corrected chi connectivity index (χ1v) is 4.69. The molecule has 1 heterocycles. The molecule has 0 spiro atoms. The fourth-order valence-electron chi connectivity index (χ4n) is 1.74. The van der Waals surface area contributed by atoms with E-state index in [1.165, 1.54) is 12.1 Å². The third-order valence-electron chi connectivity index (χ3n) is 2.38. The first-order chi connectivity index (χ1) is 7.08. The summed E-state index contributed by atoms with van der Waals surface area (Å²) >= 11 is 0. The van der Waals surface area contributed by atoms with Gasteiger partial charge in [0.2, 0.25) is 0 Å². The fraction of sp³-hybridized carbons (Fsp3) is 0.167. The molecular weight excluding hydrogens is 196 g/mol. The summed E-state index contributed by atoms with van der Waals surface area (Å²) < 4.78 is 27.9. The van der Waals surface area contributed by atoms with Crippen LogP contribution in [0.4, 0.5) is 8.78 Å². The summed E-state index contributed by atoms with van der Waals surface area (Å²) in [6.45, 7) is 3.80. The standard InChI is InChI=1S/C12H11F2N/c1-8-3-4-9(2)15(8)12-6-10(13)5-11(14)7-12/h3-7H,1-2H3. The van der Waals surface area contributed by atoms with Crippen LogP contribution in [-0.2, 0) is 0 Å². The van der Waals surface area contributed by atoms with Crippen molar-refractivity contribution in [1.29, 1.82) is 0 Å². The van der Waals surface area contributed by atoms with Crippen LogP contribution >= 0.6 is 0 Å². The Labute approximate surface area is 87.0 Å². The summed E-state index contributed by atoms with van der Waals surface area (Å²) in [6, 6.07) is 7.35. The van der Waals surface area contributed by atoms with E-state index in [0.717, 1.165) is 17.5 Å². The van der Waals surface area contributed by atoms with Gasteiger partial charge in [0.25, 0.3) is 0 Å². The number of halogens is 2. The molecule has 0 saturated carbocycles. The van der Waals surface area contributed by atoms with Crippen LogP contribution in [0, 0.1) is 25.5 Å². The van der Waals surface area contributed by atoms with Gasteiger partial charge in [-0.2, -0.15) is 0 Å². The van der Waals surface area contributed by atoms with E-state index in [4.69, 9.17) is 0 Å². The number of aromatic nitrogens is 1. The number of aryl methyl sites for hydroxylation is 2. The van der Waals surface area contributed by atoms with Crippen molar-refractivity contribution in [1.82, 2.24) is 4.57 Å². The molecule has 0 bridgehead atoms. The minimum atomic E-state index is -0.558. The van der Waals surface area contributed by atoms with Gasteiger partial charge in [0, 0.05) is 17.5 Å². The number of benzene rings is 1. The molecule has 0 saturated heterocycles. The van der Waals surface area contributed by atoms with Crippen LogP contribution in [0.3, 0.4) is 0 Å². The minimum Gasteiger partial charge on any atom is -0.318 e. The molecule has 1 nitrogen and oxygen atoms in total. The van der Waals surface area contributed by atoms with E-state index in [1.807, 2.05) is 30.5 Å². The molecule has 15 heavy (non-hydrogen) atoms. The van der Waals surface area contributed by atoms with E-state index in [0.29, 0.717) is 5.69 Å². The fourth-order valence-corrected chi connectivity index (χ4v) is 1.74. The average Bonchev–Trinajstić information content (AvgIpc) is 2.44. The van der Waals surface area contributed by atoms with Gasteiger partial charge in [-0.05, 0) is 38.1 Å². The molecule has 0 aliphatic heterocycles. The Balaban J connectivity index is 2.63. The zero-order valence-corrected chi connectivity index (χ0v) is 8.59. The lowest BCUT2D eigenvalue weighted by Gasteiger charge is -2.09. The van der Waals surface area contributed by atoms with Gasteiger partial charge in [0.15, 0.2) is 0 Å². The Morgan fingerprint density at radius 3 is 1.80 bits per heavy atom. The topological polar surface area (TPSA) is 4.93 Å². The summed E-state index contributed by atoms with van der Waals surface area (Å²) in [5.41, 5.74) is 2.43. The van der Waals surface area contributed by atoms with Crippen molar-refractivity contribution in [2.45, 2.75) is 13.8 Å². The minimum absolute atomic E-state index is 0.521. The number of hydrogen-bond donors (Lipinski definition) is 0. The monoisotopic (exact) mass is 207 g/mol. The first kappa shape index (κ1) is 9.90. The molecule has 0 atom stereocenters. The zero-order valence-electron chi connectivity index (χ0n) is 8.59. The highest BCUT2D eigenvalue weighted by molar-refractivity contribution is 5.38. The summed E-state index contributed by atoms with van der Waals surface area (Å²) in [4.78, 5) is 0. The van der Waals surface area contributed by atoms with Gasteiger partial charge in [-0.15, -0.1) is 0 Å². The number of hydrogen-bond acceptors (Lipinski definition) is 0. The second-order valence-electron chi connectivity index (χ2n) is 3.58. The molecule has 0 aliphatic rings. The van der Waals surface area contributed by atoms with E-state index in [1.54, 1.807) is 0 Å². The third kappa shape index (κ3) is 1.77. The predicted octanol–water partition coefficient (Wildman–Crippen LogP) is 3.37. The zero-order chi connectivity index (χ0) is 11.0. The van der Waals surface area contributed by atoms with Crippen molar-refractivity contribution in [2.24, 2.45) is 0 Å². The first-order valence-electron chi connectivity index (χ1n) is 4.69. The van der Waals surface area contributed by atoms with Crippen LogP contribution in [-0.4, -0.2) is 4.57 Å². The highest BCUT2D eigenvalue weighted by Gasteiger charge is 2.06. The number of rotatable bonds is 1. The summed E-state index contributed by atoms with van der Waals surface area (Å²) in [7, 11) is 0. The van der Waals surface area contributed by atoms with Crippen LogP contribution in [0.2, 0.25) is 0 Å². The molecule has 0 fully saturated rings. The Morgan fingerprint density at radius 2 is 1.33 bits per heavy atom. The maximum atomic E-state index is 13.0. The molecule has 0 unspecified atom stereocenters. The van der Waals surface area contributed by atoms with Crippen molar-refractivity contribution < 1.29 is 8.78 Å². The van der Waals surface area contributed by atoms with E-state index < -0.39 is 11.6 Å². The quantitative estimate of drug-likeness (QED) is 0.675. The van der Waals surface area contributed by atoms with Gasteiger partial charge in [-0.1, -0.05) is 0 Å². The average molecular weight is 207 g/mol. The lowest BCUT2D eigenvalue weighted by molar-refractivity contribution is 0.581. The molecule has 0 aliphatic carbocycles. The third-order valence-corrected chi connectivity index (χ3v) is 2.38. The molecule has 2 aromatic rings. The van der Waals surface area contributed by atoms with Gasteiger partial charge in [-0.3, -0.25) is 0 Å².